The molecule has 3 aromatic heterocycles. The fraction of sp³-hybridized carbons (Fsp3) is 0.0769. The lowest BCUT2D eigenvalue weighted by molar-refractivity contribution is 0.0945. The maximum atomic E-state index is 12.0. The van der Waals surface area contributed by atoms with Crippen molar-refractivity contribution in [3.63, 3.8) is 0 Å². The Labute approximate surface area is 123 Å². The van der Waals surface area contributed by atoms with Crippen molar-refractivity contribution in [2.75, 3.05) is 0 Å². The minimum atomic E-state index is -0.240. The molecule has 0 spiro atoms. The first kappa shape index (κ1) is 12.7. The minimum absolute atomic E-state index is 0.240. The van der Waals surface area contributed by atoms with Crippen molar-refractivity contribution in [2.45, 2.75) is 6.54 Å². The Morgan fingerprint density at radius 1 is 1.40 bits per heavy atom. The summed E-state index contributed by atoms with van der Waals surface area (Å²) < 4.78 is 2.36. The van der Waals surface area contributed by atoms with Crippen LogP contribution < -0.4 is 5.32 Å². The third-order valence-corrected chi connectivity index (χ3v) is 3.10. The lowest BCUT2D eigenvalue weighted by atomic mass is 10.3. The molecule has 7 heteroatoms. The molecule has 6 nitrogen and oxygen atoms in total. The fourth-order valence-electron chi connectivity index (χ4n) is 1.74. The van der Waals surface area contributed by atoms with Gasteiger partial charge in [-0.25, -0.2) is 9.50 Å². The van der Waals surface area contributed by atoms with E-state index < -0.39 is 0 Å². The average Bonchev–Trinajstić information content (AvgIpc) is 2.89. The quantitative estimate of drug-likeness (QED) is 0.794. The van der Waals surface area contributed by atoms with E-state index >= 15 is 0 Å². The highest BCUT2D eigenvalue weighted by atomic mass is 79.9. The summed E-state index contributed by atoms with van der Waals surface area (Å²) >= 11 is 3.31. The molecule has 0 radical (unpaired) electrons. The number of amides is 1. The number of carbonyl (C=O) groups is 1. The molecule has 3 heterocycles. The van der Waals surface area contributed by atoms with Crippen molar-refractivity contribution in [1.82, 2.24) is 24.9 Å². The number of fused-ring (bicyclic) bond motifs is 1. The first-order valence-corrected chi connectivity index (χ1v) is 6.70. The van der Waals surface area contributed by atoms with Gasteiger partial charge in [0.25, 0.3) is 5.91 Å². The van der Waals surface area contributed by atoms with Gasteiger partial charge in [-0.3, -0.25) is 9.78 Å². The molecule has 100 valence electrons. The molecule has 0 saturated carbocycles. The minimum Gasteiger partial charge on any atom is -0.347 e. The van der Waals surface area contributed by atoms with Crippen molar-refractivity contribution in [3.8, 4) is 0 Å². The van der Waals surface area contributed by atoms with E-state index in [4.69, 9.17) is 0 Å². The number of hydrogen-bond donors (Lipinski definition) is 1. The topological polar surface area (TPSA) is 72.2 Å². The Morgan fingerprint density at radius 2 is 2.30 bits per heavy atom. The molecule has 0 atom stereocenters. The second-order valence-electron chi connectivity index (χ2n) is 4.15. The van der Waals surface area contributed by atoms with Gasteiger partial charge >= 0.3 is 0 Å². The summed E-state index contributed by atoms with van der Waals surface area (Å²) in [6.45, 7) is 0.414. The van der Waals surface area contributed by atoms with Crippen molar-refractivity contribution < 1.29 is 4.79 Å². The molecule has 1 amide bonds. The monoisotopic (exact) mass is 331 g/mol. The molecule has 0 saturated heterocycles. The molecule has 0 aliphatic heterocycles. The number of aromatic nitrogens is 4. The second kappa shape index (κ2) is 5.38. The van der Waals surface area contributed by atoms with Crippen LogP contribution in [0.3, 0.4) is 0 Å². The summed E-state index contributed by atoms with van der Waals surface area (Å²) in [7, 11) is 0. The Hall–Kier alpha value is -2.28. The highest BCUT2D eigenvalue weighted by Gasteiger charge is 2.11. The van der Waals surface area contributed by atoms with Crippen LogP contribution in [0.25, 0.3) is 5.65 Å². The van der Waals surface area contributed by atoms with E-state index in [2.05, 4.69) is 36.3 Å². The van der Waals surface area contributed by atoms with E-state index in [0.717, 1.165) is 10.0 Å². The van der Waals surface area contributed by atoms with Crippen LogP contribution in [0, 0.1) is 0 Å². The summed E-state index contributed by atoms with van der Waals surface area (Å²) in [4.78, 5) is 20.2. The summed E-state index contributed by atoms with van der Waals surface area (Å²) in [6.07, 6.45) is 6.81. The van der Waals surface area contributed by atoms with Crippen molar-refractivity contribution in [3.05, 3.63) is 58.7 Å². The number of rotatable bonds is 3. The molecule has 20 heavy (non-hydrogen) atoms. The summed E-state index contributed by atoms with van der Waals surface area (Å²) in [5.74, 6) is -0.240. The maximum Gasteiger partial charge on any atom is 0.272 e. The average molecular weight is 332 g/mol. The van der Waals surface area contributed by atoms with Gasteiger partial charge in [0.05, 0.1) is 4.47 Å². The molecule has 0 fully saturated rings. The number of carbonyl (C=O) groups excluding carboxylic acids is 1. The molecule has 0 aromatic carbocycles. The van der Waals surface area contributed by atoms with Crippen LogP contribution in [-0.4, -0.2) is 25.5 Å². The van der Waals surface area contributed by atoms with E-state index in [0.29, 0.717) is 17.9 Å². The number of nitrogens with zero attached hydrogens (tertiary/aromatic N) is 4. The summed E-state index contributed by atoms with van der Waals surface area (Å²) in [6, 6.07) is 5.37. The van der Waals surface area contributed by atoms with E-state index in [9.17, 15) is 4.79 Å². The van der Waals surface area contributed by atoms with Crippen molar-refractivity contribution in [2.24, 2.45) is 0 Å². The van der Waals surface area contributed by atoms with Gasteiger partial charge in [0.15, 0.2) is 11.3 Å². The Balaban J connectivity index is 1.75. The van der Waals surface area contributed by atoms with Gasteiger partial charge in [-0.2, -0.15) is 5.10 Å². The predicted octanol–water partition coefficient (Wildman–Crippen LogP) is 1.82. The maximum absolute atomic E-state index is 12.0. The molecular formula is C13H10BrN5O. The van der Waals surface area contributed by atoms with Crippen molar-refractivity contribution in [1.29, 1.82) is 0 Å². The zero-order valence-corrected chi connectivity index (χ0v) is 11.9. The van der Waals surface area contributed by atoms with Gasteiger partial charge in [-0.1, -0.05) is 6.07 Å². The number of pyridine rings is 1. The Bertz CT molecular complexity index is 756. The van der Waals surface area contributed by atoms with Crippen LogP contribution >= 0.6 is 15.9 Å². The third-order valence-electron chi connectivity index (χ3n) is 2.69. The van der Waals surface area contributed by atoms with Gasteiger partial charge < -0.3 is 5.32 Å². The zero-order valence-electron chi connectivity index (χ0n) is 10.3. The normalized spacial score (nSPS) is 10.7. The summed E-state index contributed by atoms with van der Waals surface area (Å²) in [5, 5.41) is 6.98. The van der Waals surface area contributed by atoms with E-state index in [1.165, 1.54) is 0 Å². The molecule has 0 unspecified atom stereocenters. The van der Waals surface area contributed by atoms with Crippen LogP contribution in [0.5, 0.6) is 0 Å². The first-order chi connectivity index (χ1) is 9.72. The largest absolute Gasteiger partial charge is 0.347 e. The van der Waals surface area contributed by atoms with Gasteiger partial charge in [-0.05, 0) is 27.6 Å². The Kier molecular flexibility index (Phi) is 3.42. The highest BCUT2D eigenvalue weighted by molar-refractivity contribution is 9.10. The Morgan fingerprint density at radius 3 is 3.10 bits per heavy atom. The molecule has 3 aromatic rings. The van der Waals surface area contributed by atoms with Crippen LogP contribution in [0.4, 0.5) is 0 Å². The standard InChI is InChI=1S/C13H10BrN5O/c14-10-7-16-12-4-11(18-19(12)8-10)13(20)17-6-9-2-1-3-15-5-9/h1-5,7-8H,6H2,(H,17,20). The number of hydrogen-bond acceptors (Lipinski definition) is 4. The number of nitrogens with one attached hydrogen (secondary N) is 1. The molecule has 0 aliphatic rings. The first-order valence-electron chi connectivity index (χ1n) is 5.90. The summed E-state index contributed by atoms with van der Waals surface area (Å²) in [5.41, 5.74) is 1.89. The van der Waals surface area contributed by atoms with Gasteiger partial charge in [0.2, 0.25) is 0 Å². The van der Waals surface area contributed by atoms with Gasteiger partial charge in [0.1, 0.15) is 0 Å². The lowest BCUT2D eigenvalue weighted by Crippen LogP contribution is -2.23. The number of halogens is 1. The SMILES string of the molecule is O=C(NCc1cccnc1)c1cc2ncc(Br)cn2n1. The van der Waals surface area contributed by atoms with Crippen LogP contribution in [0.2, 0.25) is 0 Å². The van der Waals surface area contributed by atoms with Crippen LogP contribution in [0.1, 0.15) is 16.1 Å². The lowest BCUT2D eigenvalue weighted by Gasteiger charge is -2.01. The molecule has 0 aliphatic carbocycles. The van der Waals surface area contributed by atoms with Crippen LogP contribution in [0.15, 0.2) is 47.5 Å². The molecule has 0 bridgehead atoms. The smallest absolute Gasteiger partial charge is 0.272 e. The fourth-order valence-corrected chi connectivity index (χ4v) is 2.04. The van der Waals surface area contributed by atoms with Gasteiger partial charge in [0, 0.05) is 37.4 Å². The van der Waals surface area contributed by atoms with E-state index in [-0.39, 0.29) is 5.91 Å². The highest BCUT2D eigenvalue weighted by Crippen LogP contribution is 2.10. The zero-order chi connectivity index (χ0) is 13.9. The van der Waals surface area contributed by atoms with Crippen LogP contribution in [-0.2, 0) is 6.54 Å². The van der Waals surface area contributed by atoms with Crippen molar-refractivity contribution >= 4 is 27.5 Å². The molecular weight excluding hydrogens is 322 g/mol. The van der Waals surface area contributed by atoms with Gasteiger partial charge in [-0.15, -0.1) is 0 Å². The predicted molar refractivity (Wildman–Crippen MR) is 76.1 cm³/mol. The van der Waals surface area contributed by atoms with E-state index in [1.54, 1.807) is 35.4 Å². The molecule has 1 N–H and O–H groups in total. The molecule has 3 rings (SSSR count). The third kappa shape index (κ3) is 2.67. The van der Waals surface area contributed by atoms with E-state index in [1.807, 2.05) is 12.1 Å². The second-order valence-corrected chi connectivity index (χ2v) is 5.06.